The van der Waals surface area contributed by atoms with Crippen molar-refractivity contribution in [3.63, 3.8) is 0 Å². The molecular formula is C27H27N5O2. The predicted molar refractivity (Wildman–Crippen MR) is 132 cm³/mol. The van der Waals surface area contributed by atoms with Crippen LogP contribution in [0.4, 0.5) is 5.82 Å². The highest BCUT2D eigenvalue weighted by Gasteiger charge is 2.34. The van der Waals surface area contributed by atoms with Crippen LogP contribution in [-0.4, -0.2) is 39.4 Å². The van der Waals surface area contributed by atoms with E-state index in [1.165, 1.54) is 0 Å². The van der Waals surface area contributed by atoms with Gasteiger partial charge in [0.25, 0.3) is 5.91 Å². The second-order valence-electron chi connectivity index (χ2n) is 8.78. The van der Waals surface area contributed by atoms with Gasteiger partial charge in [0.1, 0.15) is 0 Å². The number of hydrogen-bond acceptors (Lipinski definition) is 5. The minimum absolute atomic E-state index is 0.00562. The Morgan fingerprint density at radius 2 is 1.82 bits per heavy atom. The van der Waals surface area contributed by atoms with Crippen LogP contribution < -0.4 is 11.5 Å². The highest BCUT2D eigenvalue weighted by atomic mass is 16.2. The summed E-state index contributed by atoms with van der Waals surface area (Å²) in [4.78, 5) is 28.9. The van der Waals surface area contributed by atoms with Crippen LogP contribution in [0.3, 0.4) is 0 Å². The number of nitrogens with zero attached hydrogens (tertiary/aromatic N) is 2. The summed E-state index contributed by atoms with van der Waals surface area (Å²) < 4.78 is 0. The van der Waals surface area contributed by atoms with E-state index in [1.807, 2.05) is 66.7 Å². The van der Waals surface area contributed by atoms with Crippen molar-refractivity contribution in [1.29, 1.82) is 0 Å². The van der Waals surface area contributed by atoms with Crippen molar-refractivity contribution in [2.45, 2.75) is 31.8 Å². The molecule has 0 aliphatic carbocycles. The lowest BCUT2D eigenvalue weighted by Crippen LogP contribution is -2.50. The molecule has 1 aliphatic rings. The molecule has 0 bridgehead atoms. The fourth-order valence-corrected chi connectivity index (χ4v) is 4.74. The molecule has 0 saturated heterocycles. The minimum atomic E-state index is -0.556. The number of rotatable bonds is 7. The van der Waals surface area contributed by atoms with Crippen LogP contribution in [0.2, 0.25) is 0 Å². The van der Waals surface area contributed by atoms with Gasteiger partial charge in [-0.3, -0.25) is 14.7 Å². The highest BCUT2D eigenvalue weighted by Crippen LogP contribution is 2.25. The van der Waals surface area contributed by atoms with Crippen LogP contribution in [0, 0.1) is 0 Å². The molecule has 5 N–H and O–H groups in total. The number of amides is 1. The van der Waals surface area contributed by atoms with Crippen LogP contribution in [0.1, 0.15) is 32.6 Å². The number of hydrogen-bond donors (Lipinski definition) is 3. The topological polar surface area (TPSA) is 118 Å². The molecule has 7 heteroatoms. The maximum absolute atomic E-state index is 13.7. The molecule has 5 rings (SSSR count). The van der Waals surface area contributed by atoms with Gasteiger partial charge in [-0.05, 0) is 53.3 Å². The SMILES string of the molecule is NCc1ccc2c(c1)CCN([C@@H](Cc1ccccc1)C(=O)Cc1ccc3c(N)n[nH]c3c1)C2=O. The molecule has 0 radical (unpaired) electrons. The van der Waals surface area contributed by atoms with Gasteiger partial charge >= 0.3 is 0 Å². The van der Waals surface area contributed by atoms with Crippen LogP contribution >= 0.6 is 0 Å². The standard InChI is InChI=1S/C27H27N5O2/c28-16-19-7-8-21-20(12-19)10-11-32(27(21)34)24(14-17-4-2-1-3-5-17)25(33)15-18-6-9-22-23(13-18)30-31-26(22)29/h1-9,12-13,24H,10-11,14-16,28H2,(H3,29,30,31)/t24-/m0/s1. The molecule has 7 nitrogen and oxygen atoms in total. The van der Waals surface area contributed by atoms with Gasteiger partial charge in [-0.25, -0.2) is 0 Å². The molecule has 1 aromatic heterocycles. The molecule has 0 saturated carbocycles. The number of fused-ring (bicyclic) bond motifs is 2. The Kier molecular flexibility index (Phi) is 5.86. The Labute approximate surface area is 197 Å². The number of H-pyrrole nitrogens is 1. The molecule has 0 unspecified atom stereocenters. The summed E-state index contributed by atoms with van der Waals surface area (Å²) in [6.45, 7) is 0.936. The van der Waals surface area contributed by atoms with Gasteiger partial charge in [0, 0.05) is 30.5 Å². The number of nitrogen functional groups attached to an aromatic ring is 1. The van der Waals surface area contributed by atoms with Crippen LogP contribution in [-0.2, 0) is 30.6 Å². The number of Topliss-reactive ketones (excluding diaryl/α,β-unsaturated/α-hetero) is 1. The highest BCUT2D eigenvalue weighted by molar-refractivity contribution is 6.00. The van der Waals surface area contributed by atoms with Gasteiger partial charge in [-0.15, -0.1) is 0 Å². The summed E-state index contributed by atoms with van der Waals surface area (Å²) in [7, 11) is 0. The average Bonchev–Trinajstić information content (AvgIpc) is 3.23. The molecule has 34 heavy (non-hydrogen) atoms. The van der Waals surface area contributed by atoms with Crippen LogP contribution in [0.5, 0.6) is 0 Å². The number of benzene rings is 3. The Hall–Kier alpha value is -3.97. The lowest BCUT2D eigenvalue weighted by atomic mass is 9.91. The van der Waals surface area contributed by atoms with E-state index >= 15 is 0 Å². The number of nitrogens with one attached hydrogen (secondary N) is 1. The minimum Gasteiger partial charge on any atom is -0.382 e. The number of anilines is 1. The summed E-state index contributed by atoms with van der Waals surface area (Å²) in [5.41, 5.74) is 17.0. The number of carbonyl (C=O) groups is 2. The molecular weight excluding hydrogens is 426 g/mol. The van der Waals surface area contributed by atoms with Gasteiger partial charge in [0.2, 0.25) is 0 Å². The first-order chi connectivity index (χ1) is 16.5. The van der Waals surface area contributed by atoms with Gasteiger partial charge < -0.3 is 16.4 Å². The summed E-state index contributed by atoms with van der Waals surface area (Å²) in [5, 5.41) is 7.76. The Morgan fingerprint density at radius 3 is 2.62 bits per heavy atom. The van der Waals surface area contributed by atoms with Crippen molar-refractivity contribution in [3.05, 3.63) is 94.5 Å². The van der Waals surface area contributed by atoms with Crippen molar-refractivity contribution in [2.75, 3.05) is 12.3 Å². The lowest BCUT2D eigenvalue weighted by Gasteiger charge is -2.35. The first kappa shape index (κ1) is 21.9. The van der Waals surface area contributed by atoms with E-state index in [2.05, 4.69) is 10.2 Å². The third kappa shape index (κ3) is 4.18. The summed E-state index contributed by atoms with van der Waals surface area (Å²) in [6.07, 6.45) is 1.39. The number of carbonyl (C=O) groups excluding carboxylic acids is 2. The molecule has 0 spiro atoms. The monoisotopic (exact) mass is 453 g/mol. The zero-order valence-electron chi connectivity index (χ0n) is 18.8. The van der Waals surface area contributed by atoms with E-state index in [1.54, 1.807) is 4.90 Å². The number of ketones is 1. The number of aromatic amines is 1. The summed E-state index contributed by atoms with van der Waals surface area (Å²) >= 11 is 0. The largest absolute Gasteiger partial charge is 0.382 e. The molecule has 1 aliphatic heterocycles. The van der Waals surface area contributed by atoms with E-state index in [4.69, 9.17) is 11.5 Å². The number of aromatic nitrogens is 2. The first-order valence-electron chi connectivity index (χ1n) is 11.5. The van der Waals surface area contributed by atoms with Gasteiger partial charge in [0.15, 0.2) is 11.6 Å². The van der Waals surface area contributed by atoms with Crippen LogP contribution in [0.15, 0.2) is 66.7 Å². The third-order valence-electron chi connectivity index (χ3n) is 6.57. The molecule has 4 aromatic rings. The molecule has 3 aromatic carbocycles. The Morgan fingerprint density at radius 1 is 1.03 bits per heavy atom. The van der Waals surface area contributed by atoms with Crippen molar-refractivity contribution in [3.8, 4) is 0 Å². The van der Waals surface area contributed by atoms with Crippen molar-refractivity contribution in [2.24, 2.45) is 5.73 Å². The predicted octanol–water partition coefficient (Wildman–Crippen LogP) is 3.03. The normalized spacial score (nSPS) is 14.3. The molecule has 2 heterocycles. The van der Waals surface area contributed by atoms with Crippen molar-refractivity contribution >= 4 is 28.4 Å². The quantitative estimate of drug-likeness (QED) is 0.398. The van der Waals surface area contributed by atoms with Crippen molar-refractivity contribution in [1.82, 2.24) is 15.1 Å². The zero-order chi connectivity index (χ0) is 23.7. The molecule has 0 fully saturated rings. The third-order valence-corrected chi connectivity index (χ3v) is 6.57. The van der Waals surface area contributed by atoms with Crippen molar-refractivity contribution < 1.29 is 9.59 Å². The fourth-order valence-electron chi connectivity index (χ4n) is 4.74. The van der Waals surface area contributed by atoms with E-state index < -0.39 is 6.04 Å². The Balaban J connectivity index is 1.44. The maximum Gasteiger partial charge on any atom is 0.254 e. The Bertz CT molecular complexity index is 1360. The fraction of sp³-hybridized carbons (Fsp3) is 0.222. The smallest absolute Gasteiger partial charge is 0.254 e. The molecule has 1 amide bonds. The van der Waals surface area contributed by atoms with Gasteiger partial charge in [0.05, 0.1) is 11.6 Å². The maximum atomic E-state index is 13.7. The second kappa shape index (κ2) is 9.11. The van der Waals surface area contributed by atoms with Crippen LogP contribution in [0.25, 0.3) is 10.9 Å². The first-order valence-corrected chi connectivity index (χ1v) is 11.5. The lowest BCUT2D eigenvalue weighted by molar-refractivity contribution is -0.123. The van der Waals surface area contributed by atoms with E-state index in [0.29, 0.717) is 37.3 Å². The van der Waals surface area contributed by atoms with E-state index in [9.17, 15) is 9.59 Å². The second-order valence-corrected chi connectivity index (χ2v) is 8.78. The summed E-state index contributed by atoms with van der Waals surface area (Å²) in [6, 6.07) is 20.7. The average molecular weight is 454 g/mol. The molecule has 1 atom stereocenters. The van der Waals surface area contributed by atoms with Gasteiger partial charge in [-0.2, -0.15) is 5.10 Å². The zero-order valence-corrected chi connectivity index (χ0v) is 18.8. The number of nitrogens with two attached hydrogens (primary N) is 2. The van der Waals surface area contributed by atoms with E-state index in [0.717, 1.165) is 33.2 Å². The summed E-state index contributed by atoms with van der Waals surface area (Å²) in [5.74, 6) is 0.340. The van der Waals surface area contributed by atoms with Gasteiger partial charge in [-0.1, -0.05) is 48.5 Å². The molecule has 172 valence electrons. The van der Waals surface area contributed by atoms with E-state index in [-0.39, 0.29) is 18.1 Å².